The second-order valence-corrected chi connectivity index (χ2v) is 6.05. The molecule has 0 aliphatic rings. The number of para-hydroxylation sites is 1. The first-order valence-corrected chi connectivity index (χ1v) is 8.71. The Labute approximate surface area is 167 Å². The van der Waals surface area contributed by atoms with Crippen LogP contribution >= 0.6 is 0 Å². The number of nitrogens with zero attached hydrogens (tertiary/aromatic N) is 3. The Kier molecular flexibility index (Phi) is 6.08. The number of nitrogens with two attached hydrogens (primary N) is 1. The molecule has 0 fully saturated rings. The Balaban J connectivity index is 1.73. The second-order valence-electron chi connectivity index (χ2n) is 6.05. The van der Waals surface area contributed by atoms with Crippen molar-refractivity contribution in [2.75, 3.05) is 25.3 Å². The highest BCUT2D eigenvalue weighted by Crippen LogP contribution is 2.23. The van der Waals surface area contributed by atoms with Gasteiger partial charge >= 0.3 is 5.97 Å². The average Bonchev–Trinajstić information content (AvgIpc) is 2.72. The van der Waals surface area contributed by atoms with Crippen LogP contribution in [0.2, 0.25) is 0 Å². The molecule has 29 heavy (non-hydrogen) atoms. The quantitative estimate of drug-likeness (QED) is 0.581. The number of carbonyl (C=O) groups excluding carboxylic acids is 1. The zero-order valence-electron chi connectivity index (χ0n) is 16.3. The Morgan fingerprint density at radius 1 is 1.03 bits per heavy atom. The van der Waals surface area contributed by atoms with Crippen LogP contribution in [0.15, 0.2) is 42.5 Å². The van der Waals surface area contributed by atoms with Gasteiger partial charge in [-0.1, -0.05) is 18.2 Å². The highest BCUT2D eigenvalue weighted by atomic mass is 16.5. The molecule has 0 atom stereocenters. The van der Waals surface area contributed by atoms with E-state index in [1.165, 1.54) is 14.2 Å². The first-order chi connectivity index (χ1) is 14.0. The molecule has 0 aliphatic carbocycles. The van der Waals surface area contributed by atoms with Crippen LogP contribution in [-0.2, 0) is 11.3 Å². The molecule has 0 spiro atoms. The molecule has 3 aromatic rings. The summed E-state index contributed by atoms with van der Waals surface area (Å²) < 4.78 is 15.6. The molecule has 0 unspecified atom stereocenters. The fourth-order valence-electron chi connectivity index (χ4n) is 2.53. The van der Waals surface area contributed by atoms with Gasteiger partial charge in [0.25, 0.3) is 0 Å². The fourth-order valence-corrected chi connectivity index (χ4v) is 2.53. The standard InChI is InChI=1S/C20H21N5O4/c1-12-6-4-5-7-16(12)22-20-24-17(23-19(21)25-20)11-29-18(26)13-8-14(27-2)10-15(9-13)28-3/h4-10H,11H2,1-3H3,(H3,21,22,23,24,25). The van der Waals surface area contributed by atoms with Gasteiger partial charge in [-0.2, -0.15) is 15.0 Å². The minimum Gasteiger partial charge on any atom is -0.497 e. The minimum absolute atomic E-state index is 0.0187. The van der Waals surface area contributed by atoms with Crippen LogP contribution in [0.5, 0.6) is 11.5 Å². The van der Waals surface area contributed by atoms with Crippen LogP contribution in [-0.4, -0.2) is 35.1 Å². The van der Waals surface area contributed by atoms with Gasteiger partial charge in [0.05, 0.1) is 19.8 Å². The Hall–Kier alpha value is -3.88. The van der Waals surface area contributed by atoms with Gasteiger partial charge < -0.3 is 25.3 Å². The van der Waals surface area contributed by atoms with E-state index in [9.17, 15) is 4.79 Å². The Bertz CT molecular complexity index is 1000. The van der Waals surface area contributed by atoms with Crippen molar-refractivity contribution >= 4 is 23.6 Å². The lowest BCUT2D eigenvalue weighted by Crippen LogP contribution is -2.11. The summed E-state index contributed by atoms with van der Waals surface area (Å²) in [5, 5.41) is 3.09. The number of rotatable bonds is 7. The first kappa shape index (κ1) is 19.9. The summed E-state index contributed by atoms with van der Waals surface area (Å²) in [5.41, 5.74) is 7.91. The lowest BCUT2D eigenvalue weighted by molar-refractivity contribution is 0.0461. The maximum absolute atomic E-state index is 12.4. The van der Waals surface area contributed by atoms with Crippen molar-refractivity contribution in [1.82, 2.24) is 15.0 Å². The molecule has 1 aromatic heterocycles. The molecule has 3 N–H and O–H groups in total. The second kappa shape index (κ2) is 8.87. The summed E-state index contributed by atoms with van der Waals surface area (Å²) in [5.74, 6) is 0.883. The van der Waals surface area contributed by atoms with Crippen molar-refractivity contribution in [3.63, 3.8) is 0 Å². The van der Waals surface area contributed by atoms with Crippen molar-refractivity contribution in [2.45, 2.75) is 13.5 Å². The van der Waals surface area contributed by atoms with E-state index >= 15 is 0 Å². The average molecular weight is 395 g/mol. The molecule has 0 saturated carbocycles. The molecular weight excluding hydrogens is 374 g/mol. The van der Waals surface area contributed by atoms with E-state index in [0.29, 0.717) is 11.5 Å². The van der Waals surface area contributed by atoms with E-state index in [1.807, 2.05) is 31.2 Å². The number of carbonyl (C=O) groups is 1. The number of methoxy groups -OCH3 is 2. The summed E-state index contributed by atoms with van der Waals surface area (Å²) in [6, 6.07) is 12.4. The molecule has 150 valence electrons. The minimum atomic E-state index is -0.574. The van der Waals surface area contributed by atoms with E-state index in [-0.39, 0.29) is 29.9 Å². The summed E-state index contributed by atoms with van der Waals surface area (Å²) in [6.45, 7) is 1.78. The topological polar surface area (TPSA) is 121 Å². The number of anilines is 3. The number of aryl methyl sites for hydroxylation is 1. The fraction of sp³-hybridized carbons (Fsp3) is 0.200. The number of nitrogen functional groups attached to an aromatic ring is 1. The third kappa shape index (κ3) is 5.10. The zero-order valence-corrected chi connectivity index (χ0v) is 16.3. The van der Waals surface area contributed by atoms with E-state index in [0.717, 1.165) is 11.3 Å². The smallest absolute Gasteiger partial charge is 0.338 e. The molecule has 0 saturated heterocycles. The van der Waals surface area contributed by atoms with Gasteiger partial charge in [0, 0.05) is 11.8 Å². The van der Waals surface area contributed by atoms with Crippen LogP contribution in [0, 0.1) is 6.92 Å². The number of esters is 1. The van der Waals surface area contributed by atoms with Crippen molar-refractivity contribution in [2.24, 2.45) is 0 Å². The summed E-state index contributed by atoms with van der Waals surface area (Å²) >= 11 is 0. The third-order valence-corrected chi connectivity index (χ3v) is 4.01. The van der Waals surface area contributed by atoms with Crippen LogP contribution in [0.4, 0.5) is 17.6 Å². The van der Waals surface area contributed by atoms with E-state index in [1.54, 1.807) is 18.2 Å². The number of hydrogen-bond donors (Lipinski definition) is 2. The molecule has 0 bridgehead atoms. The number of nitrogens with one attached hydrogen (secondary N) is 1. The van der Waals surface area contributed by atoms with Crippen molar-refractivity contribution in [3.8, 4) is 11.5 Å². The molecule has 9 nitrogen and oxygen atoms in total. The maximum atomic E-state index is 12.4. The molecule has 2 aromatic carbocycles. The molecule has 3 rings (SSSR count). The number of ether oxygens (including phenoxy) is 3. The van der Waals surface area contributed by atoms with Crippen LogP contribution in [0.1, 0.15) is 21.7 Å². The maximum Gasteiger partial charge on any atom is 0.338 e. The first-order valence-electron chi connectivity index (χ1n) is 8.71. The number of hydrogen-bond acceptors (Lipinski definition) is 9. The van der Waals surface area contributed by atoms with Gasteiger partial charge in [0.2, 0.25) is 11.9 Å². The summed E-state index contributed by atoms with van der Waals surface area (Å²) in [7, 11) is 3.00. The van der Waals surface area contributed by atoms with Gasteiger partial charge in [-0.15, -0.1) is 0 Å². The summed E-state index contributed by atoms with van der Waals surface area (Å²) in [6.07, 6.45) is 0. The van der Waals surface area contributed by atoms with Gasteiger partial charge in [0.1, 0.15) is 11.5 Å². The van der Waals surface area contributed by atoms with Crippen LogP contribution in [0.25, 0.3) is 0 Å². The molecule has 1 heterocycles. The van der Waals surface area contributed by atoms with Gasteiger partial charge in [-0.3, -0.25) is 0 Å². The number of aromatic nitrogens is 3. The predicted molar refractivity (Wildman–Crippen MR) is 107 cm³/mol. The van der Waals surface area contributed by atoms with Crippen molar-refractivity contribution < 1.29 is 19.0 Å². The van der Waals surface area contributed by atoms with Crippen molar-refractivity contribution in [3.05, 3.63) is 59.4 Å². The zero-order chi connectivity index (χ0) is 20.8. The van der Waals surface area contributed by atoms with Crippen LogP contribution in [0.3, 0.4) is 0 Å². The predicted octanol–water partition coefficient (Wildman–Crippen LogP) is 2.88. The normalized spacial score (nSPS) is 10.3. The Morgan fingerprint density at radius 2 is 1.72 bits per heavy atom. The molecular formula is C20H21N5O4. The highest BCUT2D eigenvalue weighted by molar-refractivity contribution is 5.90. The molecule has 0 amide bonds. The van der Waals surface area contributed by atoms with E-state index in [2.05, 4.69) is 20.3 Å². The summed E-state index contributed by atoms with van der Waals surface area (Å²) in [4.78, 5) is 24.8. The lowest BCUT2D eigenvalue weighted by Gasteiger charge is -2.10. The van der Waals surface area contributed by atoms with Crippen molar-refractivity contribution in [1.29, 1.82) is 0 Å². The molecule has 0 aliphatic heterocycles. The SMILES string of the molecule is COc1cc(OC)cc(C(=O)OCc2nc(N)nc(Nc3ccccc3C)n2)c1. The van der Waals surface area contributed by atoms with Gasteiger partial charge in [-0.25, -0.2) is 4.79 Å². The highest BCUT2D eigenvalue weighted by Gasteiger charge is 2.13. The Morgan fingerprint density at radius 3 is 2.38 bits per heavy atom. The number of benzene rings is 2. The third-order valence-electron chi connectivity index (χ3n) is 4.01. The monoisotopic (exact) mass is 395 g/mol. The van der Waals surface area contributed by atoms with Crippen LogP contribution < -0.4 is 20.5 Å². The van der Waals surface area contributed by atoms with E-state index in [4.69, 9.17) is 19.9 Å². The lowest BCUT2D eigenvalue weighted by atomic mass is 10.2. The van der Waals surface area contributed by atoms with E-state index < -0.39 is 5.97 Å². The molecule has 0 radical (unpaired) electrons. The van der Waals surface area contributed by atoms with Gasteiger partial charge in [0.15, 0.2) is 12.4 Å². The molecule has 9 heteroatoms. The van der Waals surface area contributed by atoms with Gasteiger partial charge in [-0.05, 0) is 30.7 Å². The largest absolute Gasteiger partial charge is 0.497 e.